The van der Waals surface area contributed by atoms with Gasteiger partial charge >= 0.3 is 0 Å². The maximum absolute atomic E-state index is 12.1. The van der Waals surface area contributed by atoms with Crippen molar-refractivity contribution in [1.82, 2.24) is 10.4 Å². The second kappa shape index (κ2) is 11.6. The van der Waals surface area contributed by atoms with Crippen LogP contribution in [0.15, 0.2) is 75.4 Å². The van der Waals surface area contributed by atoms with Crippen LogP contribution in [0.5, 0.6) is 11.5 Å². The molecule has 0 radical (unpaired) electrons. The number of benzene rings is 3. The summed E-state index contributed by atoms with van der Waals surface area (Å²) < 4.78 is 17.9. The first kappa shape index (κ1) is 24.4. The van der Waals surface area contributed by atoms with E-state index in [9.17, 15) is 4.79 Å². The highest BCUT2D eigenvalue weighted by Crippen LogP contribution is 2.34. The number of carbonyl (C=O) groups is 1. The zero-order valence-electron chi connectivity index (χ0n) is 18.0. The maximum Gasteiger partial charge on any atom is 0.257 e. The van der Waals surface area contributed by atoms with Gasteiger partial charge in [0, 0.05) is 10.6 Å². The molecule has 1 aromatic heterocycles. The van der Waals surface area contributed by atoms with Crippen molar-refractivity contribution in [3.8, 4) is 11.5 Å². The third-order valence-electron chi connectivity index (χ3n) is 4.59. The Kier molecular flexibility index (Phi) is 8.30. The first-order valence-corrected chi connectivity index (χ1v) is 12.5. The van der Waals surface area contributed by atoms with Crippen molar-refractivity contribution in [2.45, 2.75) is 11.8 Å². The van der Waals surface area contributed by atoms with Gasteiger partial charge in [0.25, 0.3) is 11.1 Å². The van der Waals surface area contributed by atoms with Crippen LogP contribution in [0.4, 0.5) is 0 Å². The van der Waals surface area contributed by atoms with Crippen molar-refractivity contribution in [2.75, 3.05) is 12.9 Å². The number of para-hydroxylation sites is 2. The Morgan fingerprint density at radius 2 is 2.03 bits per heavy atom. The number of nitrogens with one attached hydrogen (secondary N) is 1. The fourth-order valence-corrected chi connectivity index (χ4v) is 4.57. The number of amides is 1. The van der Waals surface area contributed by atoms with Crippen LogP contribution in [0.1, 0.15) is 11.1 Å². The van der Waals surface area contributed by atoms with Gasteiger partial charge in [0.15, 0.2) is 17.1 Å². The molecule has 4 rings (SSSR count). The number of nitrogens with zero attached hydrogens (tertiary/aromatic N) is 2. The summed E-state index contributed by atoms with van der Waals surface area (Å²) in [6, 6.07) is 18.6. The van der Waals surface area contributed by atoms with Gasteiger partial charge in [-0.2, -0.15) is 5.10 Å². The van der Waals surface area contributed by atoms with Gasteiger partial charge in [-0.1, -0.05) is 53.7 Å². The smallest absolute Gasteiger partial charge is 0.257 e. The van der Waals surface area contributed by atoms with E-state index in [-0.39, 0.29) is 11.7 Å². The number of thioether (sulfide) groups is 1. The van der Waals surface area contributed by atoms with Gasteiger partial charge in [0.1, 0.15) is 12.1 Å². The van der Waals surface area contributed by atoms with Crippen molar-refractivity contribution in [1.29, 1.82) is 0 Å². The Bertz CT molecular complexity index is 1310. The molecule has 0 saturated heterocycles. The number of methoxy groups -OCH3 is 1. The number of rotatable bonds is 9. The van der Waals surface area contributed by atoms with E-state index in [0.29, 0.717) is 33.9 Å². The molecule has 1 N–H and O–H groups in total. The highest BCUT2D eigenvalue weighted by atomic mass is 127. The molecule has 0 saturated carbocycles. The quantitative estimate of drug-likeness (QED) is 0.110. The van der Waals surface area contributed by atoms with Gasteiger partial charge in [0.05, 0.1) is 22.6 Å². The Morgan fingerprint density at radius 1 is 1.24 bits per heavy atom. The van der Waals surface area contributed by atoms with Gasteiger partial charge in [0.2, 0.25) is 0 Å². The van der Waals surface area contributed by atoms with E-state index in [4.69, 9.17) is 25.5 Å². The van der Waals surface area contributed by atoms with Crippen LogP contribution in [0, 0.1) is 3.57 Å². The molecule has 0 fully saturated rings. The van der Waals surface area contributed by atoms with Gasteiger partial charge < -0.3 is 13.9 Å². The lowest BCUT2D eigenvalue weighted by Crippen LogP contribution is -2.19. The molecule has 0 spiro atoms. The van der Waals surface area contributed by atoms with Crippen molar-refractivity contribution >= 4 is 69.2 Å². The third kappa shape index (κ3) is 6.22. The second-order valence-electron chi connectivity index (χ2n) is 6.94. The van der Waals surface area contributed by atoms with Gasteiger partial charge in [-0.25, -0.2) is 10.4 Å². The van der Waals surface area contributed by atoms with Crippen LogP contribution in [-0.4, -0.2) is 30.0 Å². The normalized spacial score (nSPS) is 11.1. The molecular formula is C24H19ClIN3O4S. The summed E-state index contributed by atoms with van der Waals surface area (Å²) in [4.78, 5) is 16.5. The Hall–Kier alpha value is -2.76. The molecule has 0 aliphatic heterocycles. The summed E-state index contributed by atoms with van der Waals surface area (Å²) in [6.45, 7) is 0.313. The topological polar surface area (TPSA) is 86.0 Å². The molecule has 3 aromatic carbocycles. The molecule has 0 unspecified atom stereocenters. The van der Waals surface area contributed by atoms with Crippen LogP contribution in [0.2, 0.25) is 5.02 Å². The number of hydrazone groups is 1. The number of fused-ring (bicyclic) bond motifs is 1. The number of aromatic nitrogens is 1. The molecule has 34 heavy (non-hydrogen) atoms. The first-order chi connectivity index (χ1) is 16.5. The molecule has 0 atom stereocenters. The lowest BCUT2D eigenvalue weighted by molar-refractivity contribution is -0.118. The van der Waals surface area contributed by atoms with Crippen molar-refractivity contribution in [3.05, 3.63) is 80.4 Å². The van der Waals surface area contributed by atoms with Crippen LogP contribution in [-0.2, 0) is 11.4 Å². The van der Waals surface area contributed by atoms with E-state index >= 15 is 0 Å². The number of hydrogen-bond donors (Lipinski definition) is 1. The molecule has 174 valence electrons. The summed E-state index contributed by atoms with van der Waals surface area (Å²) in [5, 5.41) is 5.12. The van der Waals surface area contributed by atoms with Crippen LogP contribution in [0.25, 0.3) is 11.1 Å². The van der Waals surface area contributed by atoms with E-state index in [1.54, 1.807) is 19.4 Å². The van der Waals surface area contributed by atoms with Crippen molar-refractivity contribution < 1.29 is 18.7 Å². The third-order valence-corrected chi connectivity index (χ3v) is 6.58. The fraction of sp³-hybridized carbons (Fsp3) is 0.125. The van der Waals surface area contributed by atoms with Gasteiger partial charge in [-0.15, -0.1) is 0 Å². The van der Waals surface area contributed by atoms with E-state index in [2.05, 4.69) is 38.1 Å². The second-order valence-corrected chi connectivity index (χ2v) is 9.44. The van der Waals surface area contributed by atoms with Gasteiger partial charge in [-0.3, -0.25) is 4.79 Å². The highest BCUT2D eigenvalue weighted by Gasteiger charge is 2.13. The van der Waals surface area contributed by atoms with E-state index in [1.165, 1.54) is 11.8 Å². The molecule has 0 aliphatic carbocycles. The monoisotopic (exact) mass is 607 g/mol. The van der Waals surface area contributed by atoms with Crippen LogP contribution in [0.3, 0.4) is 0 Å². The number of hydrogen-bond acceptors (Lipinski definition) is 7. The van der Waals surface area contributed by atoms with Crippen molar-refractivity contribution in [3.63, 3.8) is 0 Å². The Balaban J connectivity index is 1.34. The summed E-state index contributed by atoms with van der Waals surface area (Å²) in [5.41, 5.74) is 5.58. The largest absolute Gasteiger partial charge is 0.493 e. The van der Waals surface area contributed by atoms with Crippen LogP contribution >= 0.6 is 46.0 Å². The molecule has 4 aromatic rings. The first-order valence-electron chi connectivity index (χ1n) is 10.1. The van der Waals surface area contributed by atoms with Crippen molar-refractivity contribution in [2.24, 2.45) is 5.10 Å². The molecular weight excluding hydrogens is 589 g/mol. The molecule has 7 nitrogen and oxygen atoms in total. The van der Waals surface area contributed by atoms with Gasteiger partial charge in [-0.05, 0) is 58.5 Å². The summed E-state index contributed by atoms with van der Waals surface area (Å²) in [7, 11) is 1.57. The molecule has 1 amide bonds. The Morgan fingerprint density at radius 3 is 2.82 bits per heavy atom. The summed E-state index contributed by atoms with van der Waals surface area (Å²) >= 11 is 9.59. The van der Waals surface area contributed by atoms with E-state index in [0.717, 1.165) is 20.2 Å². The number of carbonyl (C=O) groups excluding carboxylic acids is 1. The fourth-order valence-electron chi connectivity index (χ4n) is 2.97. The zero-order valence-corrected chi connectivity index (χ0v) is 21.7. The van der Waals surface area contributed by atoms with Crippen LogP contribution < -0.4 is 14.9 Å². The predicted molar refractivity (Wildman–Crippen MR) is 142 cm³/mol. The number of halogens is 2. The highest BCUT2D eigenvalue weighted by molar-refractivity contribution is 14.1. The molecule has 0 bridgehead atoms. The molecule has 1 heterocycles. The predicted octanol–water partition coefficient (Wildman–Crippen LogP) is 5.92. The average molecular weight is 608 g/mol. The van der Waals surface area contributed by atoms with E-state index < -0.39 is 0 Å². The minimum atomic E-state index is -0.273. The standard InChI is InChI=1S/C24H19ClIN3O4S/c1-31-21-11-15(10-18(26)23(21)32-13-16-6-2-3-7-17(16)25)12-27-29-22(30)14-34-24-28-19-8-4-5-9-20(19)33-24/h2-12H,13-14H2,1H3,(H,29,30)/b27-12-. The summed E-state index contributed by atoms with van der Waals surface area (Å²) in [5.74, 6) is 1.02. The maximum atomic E-state index is 12.1. The minimum absolute atomic E-state index is 0.125. The lowest BCUT2D eigenvalue weighted by atomic mass is 10.2. The SMILES string of the molecule is COc1cc(/C=N\NC(=O)CSc2nc3ccccc3o2)cc(I)c1OCc1ccccc1Cl. The average Bonchev–Trinajstić information content (AvgIpc) is 3.26. The molecule has 10 heteroatoms. The Labute approximate surface area is 219 Å². The van der Waals surface area contributed by atoms with E-state index in [1.807, 2.05) is 54.6 Å². The summed E-state index contributed by atoms with van der Waals surface area (Å²) in [6.07, 6.45) is 1.55. The number of oxazole rings is 1. The lowest BCUT2D eigenvalue weighted by Gasteiger charge is -2.14. The number of ether oxygens (including phenoxy) is 2. The minimum Gasteiger partial charge on any atom is -0.493 e. The molecule has 0 aliphatic rings. The zero-order chi connectivity index (χ0) is 23.9.